The molecule has 1 rings (SSSR count). The van der Waals surface area contributed by atoms with Crippen molar-refractivity contribution in [2.75, 3.05) is 0 Å². The fraction of sp³-hybridized carbons (Fsp3) is 0.800. The Bertz CT molecular complexity index is 649. The molecule has 2 amide bonds. The molecule has 0 saturated carbocycles. The van der Waals surface area contributed by atoms with Crippen molar-refractivity contribution in [3.63, 3.8) is 0 Å². The lowest BCUT2D eigenvalue weighted by atomic mass is 9.85. The van der Waals surface area contributed by atoms with E-state index in [1.165, 1.54) is 6.92 Å². The summed E-state index contributed by atoms with van der Waals surface area (Å²) in [5.41, 5.74) is 0.00153. The van der Waals surface area contributed by atoms with Gasteiger partial charge in [0.25, 0.3) is 0 Å². The molecule has 0 aromatic heterocycles. The fourth-order valence-corrected chi connectivity index (χ4v) is 3.89. The summed E-state index contributed by atoms with van der Waals surface area (Å²) >= 11 is 0. The fourth-order valence-electron chi connectivity index (χ4n) is 3.89. The van der Waals surface area contributed by atoms with E-state index in [9.17, 15) is 14.4 Å². The molecular weight excluding hydrogens is 408 g/mol. The third-order valence-corrected chi connectivity index (χ3v) is 5.54. The second kappa shape index (κ2) is 13.6. The van der Waals surface area contributed by atoms with Gasteiger partial charge in [0.2, 0.25) is 5.91 Å². The summed E-state index contributed by atoms with van der Waals surface area (Å²) in [6.07, 6.45) is 7.32. The van der Waals surface area contributed by atoms with Crippen LogP contribution < -0.4 is 10.6 Å². The van der Waals surface area contributed by atoms with Gasteiger partial charge in [-0.15, -0.1) is 0 Å². The first-order chi connectivity index (χ1) is 15.0. The topological polar surface area (TPSA) is 93.7 Å². The van der Waals surface area contributed by atoms with Crippen molar-refractivity contribution in [2.24, 2.45) is 0 Å². The molecule has 0 heterocycles. The Kier molecular flexibility index (Phi) is 12.0. The van der Waals surface area contributed by atoms with Crippen molar-refractivity contribution in [3.8, 4) is 0 Å². The minimum absolute atomic E-state index is 0.00584. The van der Waals surface area contributed by atoms with Gasteiger partial charge in [-0.3, -0.25) is 9.59 Å². The molecule has 1 aliphatic carbocycles. The van der Waals surface area contributed by atoms with Crippen LogP contribution in [0.3, 0.4) is 0 Å². The summed E-state index contributed by atoms with van der Waals surface area (Å²) in [5, 5.41) is 5.82. The predicted molar refractivity (Wildman–Crippen MR) is 126 cm³/mol. The quantitative estimate of drug-likeness (QED) is 0.414. The van der Waals surface area contributed by atoms with Crippen LogP contribution in [0.4, 0.5) is 4.79 Å². The molecule has 0 fully saturated rings. The van der Waals surface area contributed by atoms with Crippen molar-refractivity contribution in [3.05, 3.63) is 11.6 Å². The third-order valence-electron chi connectivity index (χ3n) is 5.54. The Morgan fingerprint density at radius 3 is 2.25 bits per heavy atom. The van der Waals surface area contributed by atoms with Crippen molar-refractivity contribution in [1.29, 1.82) is 0 Å². The maximum Gasteiger partial charge on any atom is 0.407 e. The second-order valence-corrected chi connectivity index (χ2v) is 9.65. The number of amides is 2. The van der Waals surface area contributed by atoms with Gasteiger partial charge in [-0.1, -0.05) is 40.0 Å². The normalized spacial score (nSPS) is 21.1. The number of Topliss-reactive ketones (excluding diaryl/α,β-unsaturated/α-hetero) is 1. The smallest absolute Gasteiger partial charge is 0.407 e. The van der Waals surface area contributed by atoms with Crippen LogP contribution in [0.5, 0.6) is 0 Å². The number of ketones is 1. The van der Waals surface area contributed by atoms with Crippen LogP contribution in [0.1, 0.15) is 99.8 Å². The van der Waals surface area contributed by atoms with Crippen LogP contribution in [-0.2, 0) is 19.1 Å². The zero-order valence-electron chi connectivity index (χ0n) is 21.1. The molecule has 3 atom stereocenters. The summed E-state index contributed by atoms with van der Waals surface area (Å²) in [6, 6.07) is -0.995. The average molecular weight is 453 g/mol. The summed E-state index contributed by atoms with van der Waals surface area (Å²) in [5.74, 6) is -0.136. The van der Waals surface area contributed by atoms with Gasteiger partial charge >= 0.3 is 6.09 Å². The monoisotopic (exact) mass is 452 g/mol. The van der Waals surface area contributed by atoms with Crippen molar-refractivity contribution < 1.29 is 23.9 Å². The number of nitrogens with one attached hydrogen (secondary N) is 2. The lowest BCUT2D eigenvalue weighted by molar-refractivity contribution is -0.121. The largest absolute Gasteiger partial charge is 0.444 e. The molecule has 7 heteroatoms. The van der Waals surface area contributed by atoms with Gasteiger partial charge in [0.05, 0.1) is 24.3 Å². The Morgan fingerprint density at radius 2 is 1.72 bits per heavy atom. The number of ether oxygens (including phenoxy) is 2. The van der Waals surface area contributed by atoms with Gasteiger partial charge in [-0.25, -0.2) is 4.79 Å². The number of hydrogen-bond acceptors (Lipinski definition) is 5. The maximum absolute atomic E-state index is 13.0. The lowest BCUT2D eigenvalue weighted by Crippen LogP contribution is -2.60. The van der Waals surface area contributed by atoms with Gasteiger partial charge in [-0.05, 0) is 58.1 Å². The Balaban J connectivity index is 3.15. The number of alkyl carbamates (subject to hydrolysis) is 1. The third kappa shape index (κ3) is 10.2. The Labute approximate surface area is 194 Å². The summed E-state index contributed by atoms with van der Waals surface area (Å²) in [4.78, 5) is 37.5. The first-order valence-corrected chi connectivity index (χ1v) is 12.2. The molecule has 184 valence electrons. The van der Waals surface area contributed by atoms with Gasteiger partial charge in [0.15, 0.2) is 5.78 Å². The highest BCUT2D eigenvalue weighted by atomic mass is 16.6. The maximum atomic E-state index is 13.0. The minimum Gasteiger partial charge on any atom is -0.444 e. The van der Waals surface area contributed by atoms with Crippen LogP contribution >= 0.6 is 0 Å². The first kappa shape index (κ1) is 28.1. The molecule has 0 spiro atoms. The zero-order valence-corrected chi connectivity index (χ0v) is 21.1. The summed E-state index contributed by atoms with van der Waals surface area (Å²) in [7, 11) is 0. The van der Waals surface area contributed by atoms with Gasteiger partial charge in [-0.2, -0.15) is 0 Å². The van der Waals surface area contributed by atoms with Crippen LogP contribution in [-0.4, -0.2) is 47.7 Å². The summed E-state index contributed by atoms with van der Waals surface area (Å²) < 4.78 is 11.7. The highest BCUT2D eigenvalue weighted by molar-refractivity contribution is 5.95. The number of hydrogen-bond donors (Lipinski definition) is 2. The zero-order chi connectivity index (χ0) is 24.3. The van der Waals surface area contributed by atoms with Crippen LogP contribution in [0.15, 0.2) is 11.6 Å². The summed E-state index contributed by atoms with van der Waals surface area (Å²) in [6.45, 7) is 13.1. The molecule has 0 aromatic carbocycles. The molecule has 7 nitrogen and oxygen atoms in total. The molecule has 2 N–H and O–H groups in total. The van der Waals surface area contributed by atoms with Crippen molar-refractivity contribution in [2.45, 2.75) is 130 Å². The van der Waals surface area contributed by atoms with E-state index >= 15 is 0 Å². The number of carbonyl (C=O) groups is 3. The highest BCUT2D eigenvalue weighted by Gasteiger charge is 2.38. The van der Waals surface area contributed by atoms with Gasteiger partial charge < -0.3 is 20.1 Å². The molecule has 0 bridgehead atoms. The van der Waals surface area contributed by atoms with E-state index in [4.69, 9.17) is 9.47 Å². The Morgan fingerprint density at radius 1 is 1.06 bits per heavy atom. The molecule has 0 radical (unpaired) electrons. The second-order valence-electron chi connectivity index (χ2n) is 9.65. The molecular formula is C25H44N2O5. The van der Waals surface area contributed by atoms with Crippen LogP contribution in [0, 0.1) is 0 Å². The standard InChI is InChI=1S/C25H44N2O5/c1-8-11-12-13-14-21(29)18-15-20(27-24(30)32-25(5,6)7)23(26-17(4)28)22(16-18)31-19(9-2)10-3/h16,19-20,22-23H,8-15H2,1-7H3,(H,26,28)(H,27,30). The number of carbonyl (C=O) groups excluding carboxylic acids is 3. The molecule has 0 aliphatic heterocycles. The molecule has 0 saturated heterocycles. The highest BCUT2D eigenvalue weighted by Crippen LogP contribution is 2.26. The van der Waals surface area contributed by atoms with Crippen LogP contribution in [0.2, 0.25) is 0 Å². The number of rotatable bonds is 12. The molecule has 3 unspecified atom stereocenters. The SMILES string of the molecule is CCCCCCC(=O)C1=CC(OC(CC)CC)C(NC(C)=O)C(NC(=O)OC(C)(C)C)C1. The van der Waals surface area contributed by atoms with E-state index in [1.807, 2.05) is 19.9 Å². The number of unbranched alkanes of at least 4 members (excludes halogenated alkanes) is 3. The Hall–Kier alpha value is -1.89. The first-order valence-electron chi connectivity index (χ1n) is 12.2. The van der Waals surface area contributed by atoms with E-state index in [0.717, 1.165) is 38.5 Å². The van der Waals surface area contributed by atoms with E-state index in [-0.39, 0.29) is 17.8 Å². The van der Waals surface area contributed by atoms with E-state index < -0.39 is 29.9 Å². The van der Waals surface area contributed by atoms with Gasteiger partial charge in [0.1, 0.15) is 5.60 Å². The van der Waals surface area contributed by atoms with Crippen molar-refractivity contribution >= 4 is 17.8 Å². The molecule has 32 heavy (non-hydrogen) atoms. The van der Waals surface area contributed by atoms with Crippen molar-refractivity contribution in [1.82, 2.24) is 10.6 Å². The minimum atomic E-state index is -0.651. The van der Waals surface area contributed by atoms with E-state index in [2.05, 4.69) is 17.6 Å². The van der Waals surface area contributed by atoms with E-state index in [1.54, 1.807) is 20.8 Å². The lowest BCUT2D eigenvalue weighted by Gasteiger charge is -2.39. The van der Waals surface area contributed by atoms with E-state index in [0.29, 0.717) is 18.4 Å². The van der Waals surface area contributed by atoms with Crippen LogP contribution in [0.25, 0.3) is 0 Å². The molecule has 0 aromatic rings. The average Bonchev–Trinajstić information content (AvgIpc) is 2.69. The molecule has 1 aliphatic rings. The predicted octanol–water partition coefficient (Wildman–Crippen LogP) is 4.83. The van der Waals surface area contributed by atoms with Gasteiger partial charge in [0, 0.05) is 13.3 Å².